The van der Waals surface area contributed by atoms with Crippen LogP contribution < -0.4 is 0 Å². The van der Waals surface area contributed by atoms with E-state index in [1.165, 1.54) is 15.3 Å². The van der Waals surface area contributed by atoms with Crippen molar-refractivity contribution in [1.82, 2.24) is 9.88 Å². The fraction of sp³-hybridized carbons (Fsp3) is 0.143. The van der Waals surface area contributed by atoms with E-state index in [1.54, 1.807) is 22.7 Å². The highest BCUT2D eigenvalue weighted by Gasteiger charge is 2.34. The number of carbonyl (C=O) groups excluding carboxylic acids is 1. The van der Waals surface area contributed by atoms with E-state index in [2.05, 4.69) is 33.9 Å². The molecule has 3 nitrogen and oxygen atoms in total. The maximum atomic E-state index is 13.4. The van der Waals surface area contributed by atoms with Crippen LogP contribution in [-0.4, -0.2) is 22.3 Å². The van der Waals surface area contributed by atoms with Crippen LogP contribution in [0.15, 0.2) is 65.4 Å². The number of amides is 1. The maximum absolute atomic E-state index is 13.4. The fourth-order valence-electron chi connectivity index (χ4n) is 3.62. The van der Waals surface area contributed by atoms with Crippen molar-refractivity contribution in [3.63, 3.8) is 0 Å². The molecule has 1 aliphatic heterocycles. The molecule has 1 unspecified atom stereocenters. The summed E-state index contributed by atoms with van der Waals surface area (Å²) in [6.45, 7) is 0.726. The molecule has 0 N–H and O–H groups in total. The van der Waals surface area contributed by atoms with Gasteiger partial charge in [-0.2, -0.15) is 0 Å². The van der Waals surface area contributed by atoms with Gasteiger partial charge in [-0.15, -0.1) is 22.7 Å². The van der Waals surface area contributed by atoms with Crippen LogP contribution in [0.25, 0.3) is 10.9 Å². The van der Waals surface area contributed by atoms with Gasteiger partial charge in [0.05, 0.1) is 11.6 Å². The minimum atomic E-state index is -0.00855. The predicted octanol–water partition coefficient (Wildman–Crippen LogP) is 5.15. The van der Waals surface area contributed by atoms with Crippen LogP contribution >= 0.6 is 22.7 Å². The Morgan fingerprint density at radius 3 is 2.81 bits per heavy atom. The molecule has 5 rings (SSSR count). The molecule has 4 aromatic rings. The van der Waals surface area contributed by atoms with Crippen LogP contribution in [0.1, 0.15) is 31.8 Å². The Labute approximate surface area is 159 Å². The molecule has 128 valence electrons. The van der Waals surface area contributed by atoms with Crippen LogP contribution in [0, 0.1) is 0 Å². The molecule has 0 aliphatic carbocycles. The standard InChI is InChI=1S/C21H16N2OS2/c24-21(17-8-7-14-4-1-2-5-16(14)22-17)23-11-9-18-15(10-13-26-18)20(23)19-6-3-12-25-19/h1-8,10,12-13,20H,9,11H2. The summed E-state index contributed by atoms with van der Waals surface area (Å²) in [5, 5.41) is 5.26. The Hall–Kier alpha value is -2.50. The largest absolute Gasteiger partial charge is 0.325 e. The van der Waals surface area contributed by atoms with E-state index >= 15 is 0 Å². The summed E-state index contributed by atoms with van der Waals surface area (Å²) in [4.78, 5) is 22.6. The lowest BCUT2D eigenvalue weighted by molar-refractivity contribution is 0.0693. The number of thiophene rings is 2. The summed E-state index contributed by atoms with van der Waals surface area (Å²) in [6, 6.07) is 18.1. The molecule has 0 bridgehead atoms. The Balaban J connectivity index is 1.57. The van der Waals surface area contributed by atoms with Crippen LogP contribution in [0.3, 0.4) is 0 Å². The number of pyridine rings is 1. The SMILES string of the molecule is O=C(c1ccc2ccccc2n1)N1CCc2sccc2C1c1cccs1. The van der Waals surface area contributed by atoms with Crippen molar-refractivity contribution >= 4 is 39.5 Å². The number of benzene rings is 1. The Kier molecular flexibility index (Phi) is 3.84. The molecule has 1 amide bonds. The third-order valence-electron chi connectivity index (χ3n) is 4.86. The van der Waals surface area contributed by atoms with Crippen molar-refractivity contribution in [1.29, 1.82) is 0 Å². The zero-order valence-corrected chi connectivity index (χ0v) is 15.6. The van der Waals surface area contributed by atoms with Gasteiger partial charge in [-0.1, -0.05) is 30.3 Å². The van der Waals surface area contributed by atoms with Gasteiger partial charge in [0.2, 0.25) is 0 Å². The molecular weight excluding hydrogens is 360 g/mol. The summed E-state index contributed by atoms with van der Waals surface area (Å²) < 4.78 is 0. The summed E-state index contributed by atoms with van der Waals surface area (Å²) in [7, 11) is 0. The molecule has 5 heteroatoms. The third-order valence-corrected chi connectivity index (χ3v) is 6.78. The Morgan fingerprint density at radius 2 is 1.92 bits per heavy atom. The normalized spacial score (nSPS) is 16.6. The second-order valence-electron chi connectivity index (χ2n) is 6.35. The quantitative estimate of drug-likeness (QED) is 0.485. The van der Waals surface area contributed by atoms with Crippen LogP contribution in [0.2, 0.25) is 0 Å². The molecule has 1 aliphatic rings. The first-order valence-electron chi connectivity index (χ1n) is 8.58. The highest BCUT2D eigenvalue weighted by atomic mass is 32.1. The molecular formula is C21H16N2OS2. The molecule has 1 atom stereocenters. The first-order chi connectivity index (χ1) is 12.8. The van der Waals surface area contributed by atoms with Gasteiger partial charge in [0.1, 0.15) is 5.69 Å². The van der Waals surface area contributed by atoms with Crippen molar-refractivity contribution < 1.29 is 4.79 Å². The highest BCUT2D eigenvalue weighted by molar-refractivity contribution is 7.10. The van der Waals surface area contributed by atoms with Gasteiger partial charge in [-0.3, -0.25) is 4.79 Å². The predicted molar refractivity (Wildman–Crippen MR) is 107 cm³/mol. The average molecular weight is 377 g/mol. The lowest BCUT2D eigenvalue weighted by Gasteiger charge is -2.35. The zero-order valence-electron chi connectivity index (χ0n) is 14.0. The monoisotopic (exact) mass is 376 g/mol. The van der Waals surface area contributed by atoms with Crippen molar-refractivity contribution in [2.24, 2.45) is 0 Å². The molecule has 0 radical (unpaired) electrons. The topological polar surface area (TPSA) is 33.2 Å². The van der Waals surface area contributed by atoms with E-state index in [0.29, 0.717) is 5.69 Å². The van der Waals surface area contributed by atoms with Gasteiger partial charge in [0.25, 0.3) is 5.91 Å². The summed E-state index contributed by atoms with van der Waals surface area (Å²) in [5.41, 5.74) is 2.64. The third kappa shape index (κ3) is 2.55. The molecule has 4 heterocycles. The molecule has 3 aromatic heterocycles. The minimum Gasteiger partial charge on any atom is -0.325 e. The average Bonchev–Trinajstić information content (AvgIpc) is 3.38. The second kappa shape index (κ2) is 6.34. The fourth-order valence-corrected chi connectivity index (χ4v) is 5.38. The number of nitrogens with zero attached hydrogens (tertiary/aromatic N) is 2. The number of rotatable bonds is 2. The molecule has 0 saturated carbocycles. The number of fused-ring (bicyclic) bond motifs is 2. The zero-order chi connectivity index (χ0) is 17.5. The number of para-hydroxylation sites is 1. The van der Waals surface area contributed by atoms with Crippen molar-refractivity contribution in [2.45, 2.75) is 12.5 Å². The van der Waals surface area contributed by atoms with Gasteiger partial charge in [-0.05, 0) is 47.0 Å². The molecule has 1 aromatic carbocycles. The number of carbonyl (C=O) groups is 1. The number of hydrogen-bond acceptors (Lipinski definition) is 4. The molecule has 0 fully saturated rings. The number of aromatic nitrogens is 1. The number of hydrogen-bond donors (Lipinski definition) is 0. The lowest BCUT2D eigenvalue weighted by atomic mass is 9.98. The first-order valence-corrected chi connectivity index (χ1v) is 10.3. The van der Waals surface area contributed by atoms with Gasteiger partial charge in [0.15, 0.2) is 0 Å². The summed E-state index contributed by atoms with van der Waals surface area (Å²) in [6.07, 6.45) is 0.911. The first kappa shape index (κ1) is 15.7. The highest BCUT2D eigenvalue weighted by Crippen LogP contribution is 2.40. The van der Waals surface area contributed by atoms with Crippen molar-refractivity contribution in [3.05, 3.63) is 86.4 Å². The van der Waals surface area contributed by atoms with E-state index in [0.717, 1.165) is 23.9 Å². The minimum absolute atomic E-state index is 0.00556. The van der Waals surface area contributed by atoms with Gasteiger partial charge in [0, 0.05) is 21.7 Å². The Bertz CT molecular complexity index is 1080. The Morgan fingerprint density at radius 1 is 1.00 bits per heavy atom. The van der Waals surface area contributed by atoms with Crippen LogP contribution in [0.5, 0.6) is 0 Å². The van der Waals surface area contributed by atoms with E-state index in [9.17, 15) is 4.79 Å². The van der Waals surface area contributed by atoms with E-state index in [4.69, 9.17) is 0 Å². The van der Waals surface area contributed by atoms with Gasteiger partial charge >= 0.3 is 0 Å². The van der Waals surface area contributed by atoms with Gasteiger partial charge in [-0.25, -0.2) is 4.98 Å². The van der Waals surface area contributed by atoms with Crippen LogP contribution in [-0.2, 0) is 6.42 Å². The lowest BCUT2D eigenvalue weighted by Crippen LogP contribution is -2.40. The van der Waals surface area contributed by atoms with E-state index < -0.39 is 0 Å². The van der Waals surface area contributed by atoms with E-state index in [1.807, 2.05) is 41.3 Å². The second-order valence-corrected chi connectivity index (χ2v) is 8.33. The summed E-state index contributed by atoms with van der Waals surface area (Å²) in [5.74, 6) is 0.00556. The van der Waals surface area contributed by atoms with Crippen molar-refractivity contribution in [3.8, 4) is 0 Å². The van der Waals surface area contributed by atoms with Crippen molar-refractivity contribution in [2.75, 3.05) is 6.54 Å². The van der Waals surface area contributed by atoms with Gasteiger partial charge < -0.3 is 4.90 Å². The van der Waals surface area contributed by atoms with Crippen LogP contribution in [0.4, 0.5) is 0 Å². The maximum Gasteiger partial charge on any atom is 0.273 e. The smallest absolute Gasteiger partial charge is 0.273 e. The molecule has 26 heavy (non-hydrogen) atoms. The summed E-state index contributed by atoms with van der Waals surface area (Å²) >= 11 is 3.49. The molecule has 0 spiro atoms. The molecule has 0 saturated heterocycles. The van der Waals surface area contributed by atoms with E-state index in [-0.39, 0.29) is 11.9 Å².